The summed E-state index contributed by atoms with van der Waals surface area (Å²) in [6.07, 6.45) is -4.73. The molecule has 3 aromatic carbocycles. The van der Waals surface area contributed by atoms with E-state index in [0.717, 1.165) is 39.3 Å². The highest BCUT2D eigenvalue weighted by Crippen LogP contribution is 2.70. The summed E-state index contributed by atoms with van der Waals surface area (Å²) in [6.45, 7) is 0. The second-order valence-electron chi connectivity index (χ2n) is 8.64. The Bertz CT molecular complexity index is 1300. The van der Waals surface area contributed by atoms with E-state index in [9.17, 15) is 22.8 Å². The van der Waals surface area contributed by atoms with Gasteiger partial charge in [0.2, 0.25) is 11.8 Å². The maximum Gasteiger partial charge on any atom is 0.417 e. The number of benzene rings is 3. The fourth-order valence-electron chi connectivity index (χ4n) is 5.79. The number of alkyl halides is 5. The molecule has 3 nitrogen and oxygen atoms in total. The minimum Gasteiger partial charge on any atom is -0.274 e. The van der Waals surface area contributed by atoms with Crippen molar-refractivity contribution in [1.82, 2.24) is 0 Å². The number of imide groups is 1. The third-order valence-electron chi connectivity index (χ3n) is 7.10. The van der Waals surface area contributed by atoms with Crippen LogP contribution in [0.3, 0.4) is 0 Å². The van der Waals surface area contributed by atoms with Crippen molar-refractivity contribution in [3.05, 3.63) is 99.6 Å². The first-order chi connectivity index (χ1) is 16.0. The molecule has 0 N–H and O–H groups in total. The minimum absolute atomic E-state index is 0.152. The Labute approximate surface area is 214 Å². The Hall–Kier alpha value is -2.16. The molecule has 4 aliphatic rings. The van der Waals surface area contributed by atoms with Crippen LogP contribution in [0.15, 0.2) is 66.7 Å². The highest BCUT2D eigenvalue weighted by molar-refractivity contribution is 9.10. The molecule has 0 aromatic heterocycles. The lowest BCUT2D eigenvalue weighted by Gasteiger charge is -2.55. The summed E-state index contributed by atoms with van der Waals surface area (Å²) in [4.78, 5) is 28.7. The van der Waals surface area contributed by atoms with Crippen molar-refractivity contribution in [2.45, 2.75) is 14.8 Å². The van der Waals surface area contributed by atoms with Crippen LogP contribution in [0.2, 0.25) is 5.02 Å². The van der Waals surface area contributed by atoms with Gasteiger partial charge in [0, 0.05) is 0 Å². The molecule has 2 amide bonds. The van der Waals surface area contributed by atoms with Gasteiger partial charge < -0.3 is 0 Å². The quantitative estimate of drug-likeness (QED) is 0.225. The van der Waals surface area contributed by atoms with Crippen molar-refractivity contribution >= 4 is 61.0 Å². The second kappa shape index (κ2) is 6.95. The number of amides is 2. The van der Waals surface area contributed by atoms with Crippen LogP contribution in [-0.4, -0.2) is 11.8 Å². The highest BCUT2D eigenvalue weighted by Gasteiger charge is 2.72. The maximum absolute atomic E-state index is 13.9. The Morgan fingerprint density at radius 1 is 0.765 bits per heavy atom. The lowest BCUT2D eigenvalue weighted by molar-refractivity contribution is -0.137. The van der Waals surface area contributed by atoms with Gasteiger partial charge >= 0.3 is 6.18 Å². The van der Waals surface area contributed by atoms with Crippen molar-refractivity contribution in [1.29, 1.82) is 0 Å². The van der Waals surface area contributed by atoms with Gasteiger partial charge in [-0.2, -0.15) is 13.2 Å². The molecular weight excluding hydrogens is 599 g/mol. The van der Waals surface area contributed by atoms with Crippen molar-refractivity contribution in [2.75, 3.05) is 4.90 Å². The first-order valence-corrected chi connectivity index (χ1v) is 12.3. The Balaban J connectivity index is 1.60. The van der Waals surface area contributed by atoms with Crippen LogP contribution < -0.4 is 4.90 Å². The zero-order valence-corrected chi connectivity index (χ0v) is 21.0. The lowest BCUT2D eigenvalue weighted by Crippen LogP contribution is -2.56. The first kappa shape index (κ1) is 22.3. The smallest absolute Gasteiger partial charge is 0.274 e. The Morgan fingerprint density at radius 2 is 1.18 bits per heavy atom. The molecule has 1 heterocycles. The number of rotatable bonds is 1. The van der Waals surface area contributed by atoms with Crippen LogP contribution in [0.25, 0.3) is 0 Å². The zero-order valence-electron chi connectivity index (χ0n) is 17.0. The van der Waals surface area contributed by atoms with Crippen molar-refractivity contribution in [3.8, 4) is 0 Å². The molecule has 172 valence electrons. The number of anilines is 1. The number of carbonyl (C=O) groups excluding carboxylic acids is 2. The average molecular weight is 612 g/mol. The molecule has 1 saturated heterocycles. The van der Waals surface area contributed by atoms with Gasteiger partial charge in [-0.15, -0.1) is 0 Å². The van der Waals surface area contributed by atoms with Crippen molar-refractivity contribution < 1.29 is 22.8 Å². The largest absolute Gasteiger partial charge is 0.417 e. The van der Waals surface area contributed by atoms with Gasteiger partial charge in [0.1, 0.15) is 0 Å². The van der Waals surface area contributed by atoms with E-state index in [-0.39, 0.29) is 5.69 Å². The number of halogens is 6. The molecule has 3 aliphatic carbocycles. The van der Waals surface area contributed by atoms with Crippen LogP contribution in [0, 0.1) is 11.8 Å². The summed E-state index contributed by atoms with van der Waals surface area (Å²) in [5, 5.41) is -0.499. The van der Waals surface area contributed by atoms with E-state index in [1.807, 2.05) is 48.5 Å². The molecule has 1 aliphatic heterocycles. The fraction of sp³-hybridized carbons (Fsp3) is 0.200. The summed E-state index contributed by atoms with van der Waals surface area (Å²) in [5.74, 6) is -2.85. The predicted molar refractivity (Wildman–Crippen MR) is 128 cm³/mol. The highest BCUT2D eigenvalue weighted by atomic mass is 79.9. The van der Waals surface area contributed by atoms with Crippen molar-refractivity contribution in [2.24, 2.45) is 11.8 Å². The summed E-state index contributed by atoms with van der Waals surface area (Å²) in [7, 11) is 0. The molecule has 9 heteroatoms. The third kappa shape index (κ3) is 2.54. The van der Waals surface area contributed by atoms with Crippen LogP contribution >= 0.6 is 43.5 Å². The zero-order chi connectivity index (χ0) is 24.2. The average Bonchev–Trinajstić information content (AvgIpc) is 3.08. The SMILES string of the molecule is O=C1C2C(C(=O)N1c1ccc(Cl)c(C(F)(F)F)c1)C1(Br)c3ccccc3C2(Br)c2ccccc21. The van der Waals surface area contributed by atoms with Gasteiger partial charge in [0.25, 0.3) is 0 Å². The molecule has 0 saturated carbocycles. The van der Waals surface area contributed by atoms with E-state index < -0.39 is 49.1 Å². The standard InChI is InChI=1S/C25H13Br2ClF3NO2/c26-23-13-5-1-2-6-14(13)24(27,16-8-4-3-7-15(16)23)20-19(23)21(33)32(22(20)34)12-9-10-18(28)17(11-12)25(29,30)31/h1-11,19-20H. The number of hydrogen-bond donors (Lipinski definition) is 0. The Kier molecular flexibility index (Phi) is 4.56. The van der Waals surface area contributed by atoms with E-state index in [1.54, 1.807) is 0 Å². The van der Waals surface area contributed by atoms with Gasteiger partial charge in [-0.05, 0) is 40.5 Å². The minimum atomic E-state index is -4.73. The normalized spacial score (nSPS) is 29.2. The molecule has 34 heavy (non-hydrogen) atoms. The monoisotopic (exact) mass is 609 g/mol. The van der Waals surface area contributed by atoms with E-state index in [2.05, 4.69) is 31.9 Å². The molecular formula is C25H13Br2ClF3NO2. The van der Waals surface area contributed by atoms with Crippen LogP contribution in [0.1, 0.15) is 27.8 Å². The predicted octanol–water partition coefficient (Wildman–Crippen LogP) is 6.77. The van der Waals surface area contributed by atoms with E-state index >= 15 is 0 Å². The number of nitrogens with zero attached hydrogens (tertiary/aromatic N) is 1. The fourth-order valence-corrected chi connectivity index (χ4v) is 8.32. The van der Waals surface area contributed by atoms with E-state index in [1.165, 1.54) is 6.07 Å². The second-order valence-corrected chi connectivity index (χ2v) is 11.6. The topological polar surface area (TPSA) is 37.4 Å². The van der Waals surface area contributed by atoms with Gasteiger partial charge in [-0.1, -0.05) is 92.0 Å². The van der Waals surface area contributed by atoms with Crippen LogP contribution in [0.4, 0.5) is 18.9 Å². The first-order valence-electron chi connectivity index (χ1n) is 10.3. The molecule has 1 fully saturated rings. The molecule has 0 radical (unpaired) electrons. The van der Waals surface area contributed by atoms with Crippen LogP contribution in [-0.2, 0) is 24.4 Å². The van der Waals surface area contributed by atoms with E-state index in [4.69, 9.17) is 11.6 Å². The summed E-state index contributed by atoms with van der Waals surface area (Å²) >= 11 is 13.5. The maximum atomic E-state index is 13.9. The number of hydrogen-bond acceptors (Lipinski definition) is 2. The molecule has 2 bridgehead atoms. The van der Waals surface area contributed by atoms with Crippen molar-refractivity contribution in [3.63, 3.8) is 0 Å². The lowest BCUT2D eigenvalue weighted by atomic mass is 9.54. The molecule has 2 unspecified atom stereocenters. The molecule has 0 spiro atoms. The summed E-state index contributed by atoms with van der Waals surface area (Å²) in [5.41, 5.74) is 2.15. The molecule has 7 rings (SSSR count). The summed E-state index contributed by atoms with van der Waals surface area (Å²) in [6, 6.07) is 18.2. The molecule has 2 atom stereocenters. The van der Waals surface area contributed by atoms with E-state index in [0.29, 0.717) is 0 Å². The summed E-state index contributed by atoms with van der Waals surface area (Å²) < 4.78 is 38.6. The Morgan fingerprint density at radius 3 is 1.56 bits per heavy atom. The third-order valence-corrected chi connectivity index (χ3v) is 10.1. The van der Waals surface area contributed by atoms with Crippen LogP contribution in [0.5, 0.6) is 0 Å². The van der Waals surface area contributed by atoms with Gasteiger partial charge in [0.05, 0.1) is 36.8 Å². The van der Waals surface area contributed by atoms with Gasteiger partial charge in [-0.3, -0.25) is 9.59 Å². The van der Waals surface area contributed by atoms with Gasteiger partial charge in [-0.25, -0.2) is 4.90 Å². The molecule has 3 aromatic rings. The number of carbonyl (C=O) groups is 2. The van der Waals surface area contributed by atoms with Gasteiger partial charge in [0.15, 0.2) is 0 Å².